The summed E-state index contributed by atoms with van der Waals surface area (Å²) < 4.78 is 39.3. The number of Topliss-reactive ketones (excluding diaryl/α,β-unsaturated/α-hetero) is 1. The molecule has 118 valence electrons. The Kier molecular flexibility index (Phi) is 4.19. The van der Waals surface area contributed by atoms with Crippen LogP contribution in [-0.4, -0.2) is 41.4 Å². The van der Waals surface area contributed by atoms with E-state index in [9.17, 15) is 22.8 Å². The van der Waals surface area contributed by atoms with Crippen LogP contribution in [0.15, 0.2) is 24.4 Å². The minimum absolute atomic E-state index is 0.110. The van der Waals surface area contributed by atoms with Crippen LogP contribution in [0.4, 0.5) is 13.2 Å². The van der Waals surface area contributed by atoms with Gasteiger partial charge in [-0.15, -0.1) is 0 Å². The van der Waals surface area contributed by atoms with Crippen molar-refractivity contribution in [1.29, 1.82) is 0 Å². The van der Waals surface area contributed by atoms with Crippen LogP contribution in [0.5, 0.6) is 0 Å². The van der Waals surface area contributed by atoms with Crippen LogP contribution in [0.1, 0.15) is 10.4 Å². The van der Waals surface area contributed by atoms with Crippen molar-refractivity contribution in [3.05, 3.63) is 35.0 Å². The summed E-state index contributed by atoms with van der Waals surface area (Å²) in [7, 11) is 3.06. The molecule has 0 atom stereocenters. The van der Waals surface area contributed by atoms with Crippen LogP contribution in [0.3, 0.4) is 0 Å². The zero-order valence-corrected chi connectivity index (χ0v) is 12.5. The number of fused-ring (bicyclic) bond motifs is 1. The number of likely N-dealkylation sites (N-methyl/N-ethyl adjacent to an activating group) is 1. The zero-order chi connectivity index (χ0) is 16.7. The molecule has 0 unspecified atom stereocenters. The van der Waals surface area contributed by atoms with E-state index in [2.05, 4.69) is 0 Å². The summed E-state index contributed by atoms with van der Waals surface area (Å²) in [4.78, 5) is 24.6. The summed E-state index contributed by atoms with van der Waals surface area (Å²) in [6.45, 7) is -0.186. The van der Waals surface area contributed by atoms with Gasteiger partial charge < -0.3 is 9.47 Å². The quantitative estimate of drug-likeness (QED) is 0.810. The van der Waals surface area contributed by atoms with Crippen LogP contribution in [0, 0.1) is 0 Å². The maximum Gasteiger partial charge on any atom is 0.454 e. The van der Waals surface area contributed by atoms with Crippen molar-refractivity contribution in [3.8, 4) is 0 Å². The molecule has 22 heavy (non-hydrogen) atoms. The van der Waals surface area contributed by atoms with E-state index in [1.165, 1.54) is 41.8 Å². The number of rotatable bonds is 3. The number of aromatic nitrogens is 1. The fraction of sp³-hybridized carbons (Fsp3) is 0.286. The van der Waals surface area contributed by atoms with Gasteiger partial charge in [0.25, 0.3) is 5.78 Å². The number of ketones is 1. The highest BCUT2D eigenvalue weighted by atomic mass is 35.5. The molecule has 0 aliphatic carbocycles. The summed E-state index contributed by atoms with van der Waals surface area (Å²) in [6, 6.07) is 4.16. The predicted octanol–water partition coefficient (Wildman–Crippen LogP) is 3.13. The highest BCUT2D eigenvalue weighted by molar-refractivity contribution is 6.31. The molecule has 0 saturated carbocycles. The first-order valence-corrected chi connectivity index (χ1v) is 6.59. The van der Waals surface area contributed by atoms with E-state index in [1.807, 2.05) is 0 Å². The lowest BCUT2D eigenvalue weighted by Gasteiger charge is -2.11. The molecule has 0 saturated heterocycles. The molecule has 0 aliphatic rings. The smallest absolute Gasteiger partial charge is 0.347 e. The number of nitrogens with zero attached hydrogens (tertiary/aromatic N) is 2. The van der Waals surface area contributed by atoms with Crippen molar-refractivity contribution < 1.29 is 22.8 Å². The summed E-state index contributed by atoms with van der Waals surface area (Å²) in [5.74, 6) is -2.27. The average molecular weight is 333 g/mol. The van der Waals surface area contributed by atoms with Gasteiger partial charge in [-0.25, -0.2) is 0 Å². The lowest BCUT2D eigenvalue weighted by atomic mass is 10.1. The van der Waals surface area contributed by atoms with E-state index in [4.69, 9.17) is 11.6 Å². The molecule has 0 radical (unpaired) electrons. The number of amides is 1. The molecule has 8 heteroatoms. The molecule has 1 heterocycles. The van der Waals surface area contributed by atoms with Gasteiger partial charge in [0.2, 0.25) is 5.91 Å². The topological polar surface area (TPSA) is 42.3 Å². The van der Waals surface area contributed by atoms with Crippen molar-refractivity contribution >= 4 is 34.2 Å². The maximum absolute atomic E-state index is 12.7. The molecule has 1 amide bonds. The van der Waals surface area contributed by atoms with Gasteiger partial charge in [0.1, 0.15) is 6.54 Å². The molecular formula is C14H12ClF3N2O2. The highest BCUT2D eigenvalue weighted by Crippen LogP contribution is 2.30. The number of hydrogen-bond acceptors (Lipinski definition) is 2. The molecule has 1 aromatic carbocycles. The molecular weight excluding hydrogens is 321 g/mol. The van der Waals surface area contributed by atoms with Crippen LogP contribution >= 0.6 is 11.6 Å². The summed E-state index contributed by atoms with van der Waals surface area (Å²) >= 11 is 5.85. The SMILES string of the molecule is CN(C)C(=O)Cn1cc(C(=O)C(F)(F)F)c2ccc(Cl)cc21. The van der Waals surface area contributed by atoms with Gasteiger partial charge in [-0.05, 0) is 12.1 Å². The Balaban J connectivity index is 2.60. The Bertz CT molecular complexity index is 750. The van der Waals surface area contributed by atoms with Crippen molar-refractivity contribution in [2.45, 2.75) is 12.7 Å². The van der Waals surface area contributed by atoms with Gasteiger partial charge in [-0.1, -0.05) is 17.7 Å². The van der Waals surface area contributed by atoms with E-state index in [0.29, 0.717) is 10.5 Å². The molecule has 2 rings (SSSR count). The van der Waals surface area contributed by atoms with Crippen molar-refractivity contribution in [2.75, 3.05) is 14.1 Å². The number of halogens is 4. The number of carbonyl (C=O) groups excluding carboxylic acids is 2. The molecule has 0 spiro atoms. The van der Waals surface area contributed by atoms with Crippen molar-refractivity contribution in [1.82, 2.24) is 9.47 Å². The fourth-order valence-electron chi connectivity index (χ4n) is 2.02. The third-order valence-electron chi connectivity index (χ3n) is 3.15. The van der Waals surface area contributed by atoms with Gasteiger partial charge in [0, 0.05) is 30.7 Å². The Morgan fingerprint density at radius 3 is 2.45 bits per heavy atom. The second-order valence-corrected chi connectivity index (χ2v) is 5.38. The third kappa shape index (κ3) is 3.09. The molecule has 1 aromatic heterocycles. The summed E-state index contributed by atoms with van der Waals surface area (Å²) in [5.41, 5.74) is -0.193. The lowest BCUT2D eigenvalue weighted by Crippen LogP contribution is -2.26. The maximum atomic E-state index is 12.7. The van der Waals surface area contributed by atoms with Crippen LogP contribution in [0.2, 0.25) is 5.02 Å². The minimum Gasteiger partial charge on any atom is -0.347 e. The molecule has 2 aromatic rings. The standard InChI is InChI=1S/C14H12ClF3N2O2/c1-19(2)12(21)7-20-6-10(13(22)14(16,17)18)9-4-3-8(15)5-11(9)20/h3-6H,7H2,1-2H3. The van der Waals surface area contributed by atoms with Gasteiger partial charge in [0.05, 0.1) is 11.1 Å². The Hall–Kier alpha value is -2.02. The molecule has 4 nitrogen and oxygen atoms in total. The van der Waals surface area contributed by atoms with Crippen molar-refractivity contribution in [2.24, 2.45) is 0 Å². The lowest BCUT2D eigenvalue weighted by molar-refractivity contribution is -0.129. The Labute approximate surface area is 129 Å². The molecule has 0 aliphatic heterocycles. The predicted molar refractivity (Wildman–Crippen MR) is 76.0 cm³/mol. The second kappa shape index (κ2) is 5.64. The van der Waals surface area contributed by atoms with E-state index in [0.717, 1.165) is 6.20 Å². The van der Waals surface area contributed by atoms with Crippen LogP contribution in [0.25, 0.3) is 10.9 Å². The third-order valence-corrected chi connectivity index (χ3v) is 3.39. The number of alkyl halides is 3. The van der Waals surface area contributed by atoms with E-state index >= 15 is 0 Å². The van der Waals surface area contributed by atoms with Gasteiger partial charge >= 0.3 is 6.18 Å². The van der Waals surface area contributed by atoms with E-state index < -0.39 is 17.5 Å². The first-order valence-electron chi connectivity index (χ1n) is 6.21. The average Bonchev–Trinajstić information content (AvgIpc) is 2.74. The van der Waals surface area contributed by atoms with Crippen molar-refractivity contribution in [3.63, 3.8) is 0 Å². The molecule has 0 bridgehead atoms. The fourth-order valence-corrected chi connectivity index (χ4v) is 2.18. The first kappa shape index (κ1) is 16.4. The normalized spacial score (nSPS) is 11.7. The minimum atomic E-state index is -4.98. The molecule has 0 N–H and O–H groups in total. The van der Waals surface area contributed by atoms with E-state index in [1.54, 1.807) is 0 Å². The largest absolute Gasteiger partial charge is 0.454 e. The second-order valence-electron chi connectivity index (χ2n) is 4.95. The molecule has 0 fully saturated rings. The van der Waals surface area contributed by atoms with Crippen LogP contribution < -0.4 is 0 Å². The van der Waals surface area contributed by atoms with Gasteiger partial charge in [0.15, 0.2) is 0 Å². The number of carbonyl (C=O) groups is 2. The zero-order valence-electron chi connectivity index (χ0n) is 11.7. The van der Waals surface area contributed by atoms with Crippen LogP contribution in [-0.2, 0) is 11.3 Å². The van der Waals surface area contributed by atoms with Gasteiger partial charge in [-0.2, -0.15) is 13.2 Å². The van der Waals surface area contributed by atoms with E-state index in [-0.39, 0.29) is 17.8 Å². The first-order chi connectivity index (χ1) is 10.1. The Morgan fingerprint density at radius 1 is 1.27 bits per heavy atom. The number of hydrogen-bond donors (Lipinski definition) is 0. The number of benzene rings is 1. The monoisotopic (exact) mass is 332 g/mol. The Morgan fingerprint density at radius 2 is 1.91 bits per heavy atom. The summed E-state index contributed by atoms with van der Waals surface area (Å²) in [6.07, 6.45) is -3.94. The highest BCUT2D eigenvalue weighted by Gasteiger charge is 2.40. The summed E-state index contributed by atoms with van der Waals surface area (Å²) in [5, 5.41) is 0.411. The van der Waals surface area contributed by atoms with Gasteiger partial charge in [-0.3, -0.25) is 9.59 Å².